The van der Waals surface area contributed by atoms with Crippen molar-refractivity contribution in [1.29, 1.82) is 0 Å². The van der Waals surface area contributed by atoms with E-state index in [0.717, 1.165) is 17.1 Å². The van der Waals surface area contributed by atoms with E-state index in [1.54, 1.807) is 6.07 Å². The summed E-state index contributed by atoms with van der Waals surface area (Å²) in [5, 5.41) is 6.96. The zero-order valence-electron chi connectivity index (χ0n) is 8.38. The number of rotatable bonds is 3. The lowest BCUT2D eigenvalue weighted by atomic mass is 10.1. The van der Waals surface area contributed by atoms with Crippen molar-refractivity contribution in [1.82, 2.24) is 9.59 Å². The van der Waals surface area contributed by atoms with E-state index in [2.05, 4.69) is 14.9 Å². The zero-order valence-corrected chi connectivity index (χ0v) is 9.20. The number of hydrogen-bond donors (Lipinski definition) is 2. The topological polar surface area (TPSA) is 80.9 Å². The van der Waals surface area contributed by atoms with Gasteiger partial charge in [-0.05, 0) is 11.6 Å². The molecule has 0 aliphatic carbocycles. The van der Waals surface area contributed by atoms with Crippen LogP contribution in [0.4, 0.5) is 10.7 Å². The minimum atomic E-state index is -0.121. The number of aromatic nitrogens is 2. The summed E-state index contributed by atoms with van der Waals surface area (Å²) in [5.41, 5.74) is 7.18. The molecule has 0 fully saturated rings. The molecule has 0 atom stereocenters. The molecule has 0 saturated heterocycles. The largest absolute Gasteiger partial charge is 0.398 e. The third kappa shape index (κ3) is 2.54. The summed E-state index contributed by atoms with van der Waals surface area (Å²) in [6.07, 6.45) is 1.77. The molecule has 0 unspecified atom stereocenters. The lowest BCUT2D eigenvalue weighted by molar-refractivity contribution is -0.115. The van der Waals surface area contributed by atoms with Gasteiger partial charge in [0.2, 0.25) is 5.91 Å². The molecule has 1 aromatic heterocycles. The monoisotopic (exact) mass is 234 g/mol. The van der Waals surface area contributed by atoms with Gasteiger partial charge in [0.15, 0.2) is 0 Å². The van der Waals surface area contributed by atoms with Crippen molar-refractivity contribution in [3.63, 3.8) is 0 Å². The van der Waals surface area contributed by atoms with E-state index in [0.29, 0.717) is 10.7 Å². The van der Waals surface area contributed by atoms with Crippen LogP contribution in [-0.2, 0) is 11.2 Å². The Kier molecular flexibility index (Phi) is 3.11. The Labute approximate surface area is 96.5 Å². The molecule has 1 amide bonds. The minimum absolute atomic E-state index is 0.121. The Morgan fingerprint density at radius 1 is 1.44 bits per heavy atom. The highest BCUT2D eigenvalue weighted by atomic mass is 32.1. The first-order chi connectivity index (χ1) is 7.75. The Morgan fingerprint density at radius 3 is 2.94 bits per heavy atom. The summed E-state index contributed by atoms with van der Waals surface area (Å²) in [5.74, 6) is -0.121. The SMILES string of the molecule is Nc1ccccc1CC(=O)Nc1cnns1. The number of benzene rings is 1. The van der Waals surface area contributed by atoms with Gasteiger partial charge < -0.3 is 11.1 Å². The molecule has 0 spiro atoms. The summed E-state index contributed by atoms with van der Waals surface area (Å²) < 4.78 is 3.65. The molecule has 1 heterocycles. The molecular formula is C10H10N4OS. The van der Waals surface area contributed by atoms with E-state index in [1.165, 1.54) is 6.20 Å². The number of carbonyl (C=O) groups excluding carboxylic acids is 1. The molecule has 1 aromatic carbocycles. The van der Waals surface area contributed by atoms with Gasteiger partial charge in [-0.1, -0.05) is 22.7 Å². The Balaban J connectivity index is 2.00. The molecule has 0 radical (unpaired) electrons. The normalized spacial score (nSPS) is 10.0. The second-order valence-electron chi connectivity index (χ2n) is 3.21. The van der Waals surface area contributed by atoms with E-state index in [4.69, 9.17) is 5.73 Å². The lowest BCUT2D eigenvalue weighted by Crippen LogP contribution is -2.14. The molecule has 82 valence electrons. The molecule has 3 N–H and O–H groups in total. The number of nitrogens with zero attached hydrogens (tertiary/aromatic N) is 2. The van der Waals surface area contributed by atoms with Crippen molar-refractivity contribution in [3.8, 4) is 0 Å². The van der Waals surface area contributed by atoms with Crippen LogP contribution in [0.3, 0.4) is 0 Å². The van der Waals surface area contributed by atoms with Gasteiger partial charge in [-0.25, -0.2) is 0 Å². The van der Waals surface area contributed by atoms with Crippen LogP contribution in [0.2, 0.25) is 0 Å². The van der Waals surface area contributed by atoms with Gasteiger partial charge in [-0.2, -0.15) is 0 Å². The molecule has 0 bridgehead atoms. The molecule has 0 saturated carbocycles. The van der Waals surface area contributed by atoms with E-state index in [-0.39, 0.29) is 12.3 Å². The second kappa shape index (κ2) is 4.71. The maximum absolute atomic E-state index is 11.6. The lowest BCUT2D eigenvalue weighted by Gasteiger charge is -2.04. The summed E-state index contributed by atoms with van der Waals surface area (Å²) in [6, 6.07) is 7.30. The van der Waals surface area contributed by atoms with E-state index in [1.807, 2.05) is 18.2 Å². The van der Waals surface area contributed by atoms with Crippen LogP contribution in [-0.4, -0.2) is 15.5 Å². The maximum atomic E-state index is 11.6. The third-order valence-electron chi connectivity index (χ3n) is 2.03. The number of anilines is 2. The van der Waals surface area contributed by atoms with Crippen LogP contribution < -0.4 is 11.1 Å². The Morgan fingerprint density at radius 2 is 2.25 bits per heavy atom. The predicted octanol–water partition coefficient (Wildman–Crippen LogP) is 1.30. The van der Waals surface area contributed by atoms with Gasteiger partial charge in [0.1, 0.15) is 5.00 Å². The molecule has 16 heavy (non-hydrogen) atoms. The van der Waals surface area contributed by atoms with Crippen LogP contribution in [0.15, 0.2) is 30.5 Å². The van der Waals surface area contributed by atoms with Gasteiger partial charge >= 0.3 is 0 Å². The smallest absolute Gasteiger partial charge is 0.229 e. The number of carbonyl (C=O) groups is 1. The molecule has 0 aliphatic rings. The molecule has 5 nitrogen and oxygen atoms in total. The number of nitrogens with one attached hydrogen (secondary N) is 1. The molecule has 2 aromatic rings. The van der Waals surface area contributed by atoms with Crippen molar-refractivity contribution < 1.29 is 4.79 Å². The fraction of sp³-hybridized carbons (Fsp3) is 0.100. The number of nitrogens with two attached hydrogens (primary N) is 1. The van der Waals surface area contributed by atoms with Crippen molar-refractivity contribution >= 4 is 28.1 Å². The highest BCUT2D eigenvalue weighted by molar-refractivity contribution is 7.10. The summed E-state index contributed by atoms with van der Waals surface area (Å²) in [7, 11) is 0. The van der Waals surface area contributed by atoms with Gasteiger partial charge in [0.25, 0.3) is 0 Å². The van der Waals surface area contributed by atoms with Crippen LogP contribution in [0.25, 0.3) is 0 Å². The molecular weight excluding hydrogens is 224 g/mol. The molecule has 2 rings (SSSR count). The quantitative estimate of drug-likeness (QED) is 0.784. The standard InChI is InChI=1S/C10H10N4OS/c11-8-4-2-1-3-7(8)5-9(15)13-10-6-12-14-16-10/h1-4,6H,5,11H2,(H,13,15). The summed E-state index contributed by atoms with van der Waals surface area (Å²) >= 11 is 1.14. The Bertz CT molecular complexity index is 483. The first kappa shape index (κ1) is 10.6. The Hall–Kier alpha value is -1.95. The van der Waals surface area contributed by atoms with Crippen molar-refractivity contribution in [3.05, 3.63) is 36.0 Å². The van der Waals surface area contributed by atoms with Crippen LogP contribution in [0, 0.1) is 0 Å². The first-order valence-electron chi connectivity index (χ1n) is 4.66. The van der Waals surface area contributed by atoms with E-state index in [9.17, 15) is 4.79 Å². The molecule has 0 aliphatic heterocycles. The predicted molar refractivity (Wildman–Crippen MR) is 63.1 cm³/mol. The van der Waals surface area contributed by atoms with Crippen molar-refractivity contribution in [2.24, 2.45) is 0 Å². The summed E-state index contributed by atoms with van der Waals surface area (Å²) in [4.78, 5) is 11.6. The van der Waals surface area contributed by atoms with Crippen molar-refractivity contribution in [2.45, 2.75) is 6.42 Å². The fourth-order valence-corrected chi connectivity index (χ4v) is 1.71. The van der Waals surface area contributed by atoms with Crippen molar-refractivity contribution in [2.75, 3.05) is 11.1 Å². The van der Waals surface area contributed by atoms with Gasteiger partial charge in [0, 0.05) is 17.2 Å². The fourth-order valence-electron chi connectivity index (χ4n) is 1.27. The average Bonchev–Trinajstić information content (AvgIpc) is 2.74. The zero-order chi connectivity index (χ0) is 11.4. The molecule has 6 heteroatoms. The highest BCUT2D eigenvalue weighted by Gasteiger charge is 2.07. The van der Waals surface area contributed by atoms with Gasteiger partial charge in [-0.15, -0.1) is 5.10 Å². The number of para-hydroxylation sites is 1. The van der Waals surface area contributed by atoms with Gasteiger partial charge in [0.05, 0.1) is 12.6 Å². The second-order valence-corrected chi connectivity index (χ2v) is 3.99. The van der Waals surface area contributed by atoms with E-state index >= 15 is 0 Å². The first-order valence-corrected chi connectivity index (χ1v) is 5.43. The van der Waals surface area contributed by atoms with Crippen LogP contribution >= 0.6 is 11.5 Å². The number of nitrogen functional groups attached to an aromatic ring is 1. The summed E-state index contributed by atoms with van der Waals surface area (Å²) in [6.45, 7) is 0. The maximum Gasteiger partial charge on any atom is 0.229 e. The third-order valence-corrected chi connectivity index (χ3v) is 2.61. The minimum Gasteiger partial charge on any atom is -0.398 e. The average molecular weight is 234 g/mol. The van der Waals surface area contributed by atoms with Gasteiger partial charge in [-0.3, -0.25) is 4.79 Å². The van der Waals surface area contributed by atoms with E-state index < -0.39 is 0 Å². The van der Waals surface area contributed by atoms with Crippen LogP contribution in [0.5, 0.6) is 0 Å². The van der Waals surface area contributed by atoms with Crippen LogP contribution in [0.1, 0.15) is 5.56 Å². The number of amides is 1. The number of hydrogen-bond acceptors (Lipinski definition) is 5. The highest BCUT2D eigenvalue weighted by Crippen LogP contribution is 2.13.